The predicted octanol–water partition coefficient (Wildman–Crippen LogP) is 2.77. The summed E-state index contributed by atoms with van der Waals surface area (Å²) < 4.78 is 1.27. The SMILES string of the molecule is CC(C)(C)NCCNCc1nc2ccccc2s1. The molecule has 0 saturated heterocycles. The van der Waals surface area contributed by atoms with Crippen molar-refractivity contribution in [3.05, 3.63) is 29.3 Å². The van der Waals surface area contributed by atoms with Gasteiger partial charge in [0.2, 0.25) is 0 Å². The van der Waals surface area contributed by atoms with Crippen molar-refractivity contribution in [3.63, 3.8) is 0 Å². The molecule has 18 heavy (non-hydrogen) atoms. The molecule has 0 radical (unpaired) electrons. The van der Waals surface area contributed by atoms with Gasteiger partial charge in [-0.1, -0.05) is 12.1 Å². The highest BCUT2D eigenvalue weighted by atomic mass is 32.1. The number of hydrogen-bond acceptors (Lipinski definition) is 4. The van der Waals surface area contributed by atoms with Gasteiger partial charge in [-0.05, 0) is 32.9 Å². The van der Waals surface area contributed by atoms with E-state index in [4.69, 9.17) is 0 Å². The van der Waals surface area contributed by atoms with Gasteiger partial charge in [0.1, 0.15) is 5.01 Å². The topological polar surface area (TPSA) is 37.0 Å². The zero-order chi connectivity index (χ0) is 13.0. The maximum atomic E-state index is 4.59. The van der Waals surface area contributed by atoms with Crippen LogP contribution in [0.1, 0.15) is 25.8 Å². The first-order chi connectivity index (χ1) is 8.54. The molecular formula is C14H21N3S. The van der Waals surface area contributed by atoms with Crippen molar-refractivity contribution >= 4 is 21.6 Å². The molecule has 0 aliphatic heterocycles. The van der Waals surface area contributed by atoms with Crippen LogP contribution in [0.4, 0.5) is 0 Å². The average Bonchev–Trinajstić information content (AvgIpc) is 2.69. The summed E-state index contributed by atoms with van der Waals surface area (Å²) in [6.45, 7) is 9.34. The molecule has 0 aliphatic carbocycles. The molecule has 98 valence electrons. The summed E-state index contributed by atoms with van der Waals surface area (Å²) in [5.41, 5.74) is 1.30. The lowest BCUT2D eigenvalue weighted by Crippen LogP contribution is -2.40. The second kappa shape index (κ2) is 5.78. The largest absolute Gasteiger partial charge is 0.311 e. The zero-order valence-electron chi connectivity index (χ0n) is 11.3. The summed E-state index contributed by atoms with van der Waals surface area (Å²) in [6.07, 6.45) is 0. The molecule has 1 aromatic carbocycles. The third-order valence-corrected chi connectivity index (χ3v) is 3.61. The van der Waals surface area contributed by atoms with Crippen LogP contribution in [0.5, 0.6) is 0 Å². The second-order valence-electron chi connectivity index (χ2n) is 5.43. The average molecular weight is 263 g/mol. The van der Waals surface area contributed by atoms with E-state index in [-0.39, 0.29) is 5.54 Å². The van der Waals surface area contributed by atoms with Crippen LogP contribution in [-0.2, 0) is 6.54 Å². The van der Waals surface area contributed by atoms with Crippen LogP contribution in [0.2, 0.25) is 0 Å². The van der Waals surface area contributed by atoms with Crippen LogP contribution in [0.15, 0.2) is 24.3 Å². The van der Waals surface area contributed by atoms with Gasteiger partial charge in [0.15, 0.2) is 0 Å². The van der Waals surface area contributed by atoms with E-state index in [1.54, 1.807) is 11.3 Å². The van der Waals surface area contributed by atoms with Gasteiger partial charge in [-0.15, -0.1) is 11.3 Å². The Morgan fingerprint density at radius 2 is 1.94 bits per heavy atom. The number of nitrogens with one attached hydrogen (secondary N) is 2. The fourth-order valence-electron chi connectivity index (χ4n) is 1.72. The van der Waals surface area contributed by atoms with Crippen LogP contribution in [0.3, 0.4) is 0 Å². The highest BCUT2D eigenvalue weighted by Crippen LogP contribution is 2.21. The van der Waals surface area contributed by atoms with E-state index < -0.39 is 0 Å². The second-order valence-corrected chi connectivity index (χ2v) is 6.54. The summed E-state index contributed by atoms with van der Waals surface area (Å²) in [4.78, 5) is 4.59. The van der Waals surface area contributed by atoms with E-state index in [9.17, 15) is 0 Å². The van der Waals surface area contributed by atoms with E-state index in [1.165, 1.54) is 4.70 Å². The summed E-state index contributed by atoms with van der Waals surface area (Å²) in [7, 11) is 0. The Morgan fingerprint density at radius 3 is 2.67 bits per heavy atom. The molecule has 0 fully saturated rings. The molecule has 0 unspecified atom stereocenters. The number of hydrogen-bond donors (Lipinski definition) is 2. The monoisotopic (exact) mass is 263 g/mol. The quantitative estimate of drug-likeness (QED) is 0.815. The lowest BCUT2D eigenvalue weighted by atomic mass is 10.1. The molecule has 2 N–H and O–H groups in total. The Hall–Kier alpha value is -0.970. The number of nitrogens with zero attached hydrogens (tertiary/aromatic N) is 1. The molecule has 0 amide bonds. The van der Waals surface area contributed by atoms with Crippen LogP contribution in [0.25, 0.3) is 10.2 Å². The van der Waals surface area contributed by atoms with Gasteiger partial charge >= 0.3 is 0 Å². The van der Waals surface area contributed by atoms with Crippen LogP contribution < -0.4 is 10.6 Å². The number of rotatable bonds is 5. The Bertz CT molecular complexity index is 466. The molecule has 0 aliphatic rings. The van der Waals surface area contributed by atoms with Gasteiger partial charge in [-0.2, -0.15) is 0 Å². The van der Waals surface area contributed by atoms with Gasteiger partial charge in [-0.25, -0.2) is 4.98 Å². The minimum atomic E-state index is 0.192. The van der Waals surface area contributed by atoms with Crippen molar-refractivity contribution < 1.29 is 0 Å². The minimum absolute atomic E-state index is 0.192. The van der Waals surface area contributed by atoms with Crippen LogP contribution in [0, 0.1) is 0 Å². The maximum absolute atomic E-state index is 4.59. The molecule has 0 bridgehead atoms. The van der Waals surface area contributed by atoms with E-state index in [2.05, 4.69) is 54.6 Å². The molecule has 2 aromatic rings. The van der Waals surface area contributed by atoms with Crippen LogP contribution >= 0.6 is 11.3 Å². The molecule has 3 nitrogen and oxygen atoms in total. The lowest BCUT2D eigenvalue weighted by Gasteiger charge is -2.20. The minimum Gasteiger partial charge on any atom is -0.311 e. The Labute approximate surface area is 113 Å². The van der Waals surface area contributed by atoms with Gasteiger partial charge in [-0.3, -0.25) is 0 Å². The number of fused-ring (bicyclic) bond motifs is 1. The molecule has 1 heterocycles. The van der Waals surface area contributed by atoms with Crippen molar-refractivity contribution in [3.8, 4) is 0 Å². The van der Waals surface area contributed by atoms with Gasteiger partial charge in [0.05, 0.1) is 10.2 Å². The Morgan fingerprint density at radius 1 is 1.17 bits per heavy atom. The summed E-state index contributed by atoms with van der Waals surface area (Å²) in [5, 5.41) is 8.04. The van der Waals surface area contributed by atoms with E-state index >= 15 is 0 Å². The molecule has 0 atom stereocenters. The van der Waals surface area contributed by atoms with Gasteiger partial charge in [0.25, 0.3) is 0 Å². The standard InChI is InChI=1S/C14H21N3S/c1-14(2,3)16-9-8-15-10-13-17-11-6-4-5-7-12(11)18-13/h4-7,15-16H,8-10H2,1-3H3. The first-order valence-corrected chi connectivity index (χ1v) is 7.16. The fraction of sp³-hybridized carbons (Fsp3) is 0.500. The molecule has 2 rings (SSSR count). The number of para-hydroxylation sites is 1. The van der Waals surface area contributed by atoms with Crippen molar-refractivity contribution in [2.24, 2.45) is 0 Å². The van der Waals surface area contributed by atoms with E-state index in [1.807, 2.05) is 6.07 Å². The fourth-order valence-corrected chi connectivity index (χ4v) is 2.65. The summed E-state index contributed by atoms with van der Waals surface area (Å²) in [6, 6.07) is 8.28. The first-order valence-electron chi connectivity index (χ1n) is 6.35. The van der Waals surface area contributed by atoms with Gasteiger partial charge in [0, 0.05) is 25.2 Å². The zero-order valence-corrected chi connectivity index (χ0v) is 12.1. The first kappa shape index (κ1) is 13.5. The third-order valence-electron chi connectivity index (χ3n) is 2.57. The third kappa shape index (κ3) is 4.05. The number of thiazole rings is 1. The molecule has 0 saturated carbocycles. The molecular weight excluding hydrogens is 242 g/mol. The Kier molecular flexibility index (Phi) is 4.32. The van der Waals surface area contributed by atoms with Crippen molar-refractivity contribution in [2.75, 3.05) is 13.1 Å². The molecule has 0 spiro atoms. The molecule has 1 aromatic heterocycles. The highest BCUT2D eigenvalue weighted by molar-refractivity contribution is 7.18. The normalized spacial score (nSPS) is 12.2. The maximum Gasteiger partial charge on any atom is 0.108 e. The summed E-state index contributed by atoms with van der Waals surface area (Å²) >= 11 is 1.77. The summed E-state index contributed by atoms with van der Waals surface area (Å²) in [5.74, 6) is 0. The predicted molar refractivity (Wildman–Crippen MR) is 79.1 cm³/mol. The number of benzene rings is 1. The van der Waals surface area contributed by atoms with E-state index in [0.717, 1.165) is 30.2 Å². The lowest BCUT2D eigenvalue weighted by molar-refractivity contribution is 0.421. The smallest absolute Gasteiger partial charge is 0.108 e. The Balaban J connectivity index is 1.77. The van der Waals surface area contributed by atoms with Crippen molar-refractivity contribution in [1.82, 2.24) is 15.6 Å². The highest BCUT2D eigenvalue weighted by Gasteiger charge is 2.07. The van der Waals surface area contributed by atoms with Gasteiger partial charge < -0.3 is 10.6 Å². The molecule has 4 heteroatoms. The number of aromatic nitrogens is 1. The van der Waals surface area contributed by atoms with Crippen molar-refractivity contribution in [2.45, 2.75) is 32.9 Å². The van der Waals surface area contributed by atoms with E-state index in [0.29, 0.717) is 0 Å². The van der Waals surface area contributed by atoms with Crippen molar-refractivity contribution in [1.29, 1.82) is 0 Å². The van der Waals surface area contributed by atoms with Crippen LogP contribution in [-0.4, -0.2) is 23.6 Å².